The lowest BCUT2D eigenvalue weighted by Gasteiger charge is -2.40. The van der Waals surface area contributed by atoms with Crippen molar-refractivity contribution >= 4 is 17.7 Å². The van der Waals surface area contributed by atoms with E-state index in [0.29, 0.717) is 17.5 Å². The average molecular weight is 315 g/mol. The predicted octanol–water partition coefficient (Wildman–Crippen LogP) is 0.699. The smallest absolute Gasteiger partial charge is 0.230 e. The van der Waals surface area contributed by atoms with Gasteiger partial charge in [-0.25, -0.2) is 0 Å². The van der Waals surface area contributed by atoms with Crippen molar-refractivity contribution in [2.75, 3.05) is 51.7 Å². The van der Waals surface area contributed by atoms with Crippen LogP contribution in [-0.4, -0.2) is 73.3 Å². The first-order valence-electron chi connectivity index (χ1n) is 8.00. The first-order chi connectivity index (χ1) is 10.1. The average Bonchev–Trinajstić information content (AvgIpc) is 2.53. The van der Waals surface area contributed by atoms with Gasteiger partial charge in [0.1, 0.15) is 0 Å². The Hall–Kier alpha value is -0.300. The number of piperidine rings is 1. The monoisotopic (exact) mass is 315 g/mol. The van der Waals surface area contributed by atoms with Crippen molar-refractivity contribution in [3.63, 3.8) is 0 Å². The third-order valence-electron chi connectivity index (χ3n) is 4.32. The van der Waals surface area contributed by atoms with Crippen molar-refractivity contribution in [2.45, 2.75) is 37.5 Å². The first-order valence-corrected chi connectivity index (χ1v) is 9.04. The van der Waals surface area contributed by atoms with E-state index in [2.05, 4.69) is 29.4 Å². The van der Waals surface area contributed by atoms with Gasteiger partial charge in [-0.1, -0.05) is 0 Å². The number of carbonyl (C=O) groups is 1. The van der Waals surface area contributed by atoms with Gasteiger partial charge < -0.3 is 15.4 Å². The van der Waals surface area contributed by atoms with Crippen LogP contribution < -0.4 is 10.6 Å². The quantitative estimate of drug-likeness (QED) is 0.756. The van der Waals surface area contributed by atoms with Crippen LogP contribution in [0, 0.1) is 0 Å². The molecule has 2 aliphatic heterocycles. The molecule has 0 unspecified atom stereocenters. The Morgan fingerprint density at radius 1 is 1.33 bits per heavy atom. The highest BCUT2D eigenvalue weighted by Gasteiger charge is 2.28. The summed E-state index contributed by atoms with van der Waals surface area (Å²) in [5.41, 5.74) is -0.00113. The Kier molecular flexibility index (Phi) is 6.79. The number of nitrogens with zero attached hydrogens (tertiary/aromatic N) is 1. The van der Waals surface area contributed by atoms with E-state index in [4.69, 9.17) is 4.74 Å². The Morgan fingerprint density at radius 2 is 2.00 bits per heavy atom. The summed E-state index contributed by atoms with van der Waals surface area (Å²) >= 11 is 1.81. The zero-order valence-electron chi connectivity index (χ0n) is 13.3. The molecular weight excluding hydrogens is 286 g/mol. The van der Waals surface area contributed by atoms with Gasteiger partial charge in [0, 0.05) is 30.4 Å². The van der Waals surface area contributed by atoms with Crippen LogP contribution in [0.1, 0.15) is 26.7 Å². The summed E-state index contributed by atoms with van der Waals surface area (Å²) in [7, 11) is 0. The molecule has 1 amide bonds. The summed E-state index contributed by atoms with van der Waals surface area (Å²) in [6.45, 7) is 10.8. The minimum absolute atomic E-state index is 0.00113. The fourth-order valence-electron chi connectivity index (χ4n) is 2.80. The number of nitrogens with one attached hydrogen (secondary N) is 2. The van der Waals surface area contributed by atoms with Gasteiger partial charge in [0.2, 0.25) is 5.91 Å². The summed E-state index contributed by atoms with van der Waals surface area (Å²) in [5.74, 6) is 0.754. The normalized spacial score (nSPS) is 22.2. The molecule has 2 aliphatic rings. The molecule has 0 aromatic carbocycles. The van der Waals surface area contributed by atoms with Crippen molar-refractivity contribution in [3.8, 4) is 0 Å². The lowest BCUT2D eigenvalue weighted by atomic mass is 10.0. The van der Waals surface area contributed by atoms with Crippen LogP contribution in [0.15, 0.2) is 0 Å². The summed E-state index contributed by atoms with van der Waals surface area (Å²) < 4.78 is 5.39. The molecule has 0 spiro atoms. The lowest BCUT2D eigenvalue weighted by Crippen LogP contribution is -2.55. The molecule has 0 aromatic rings. The third-order valence-corrected chi connectivity index (χ3v) is 5.69. The van der Waals surface area contributed by atoms with Crippen LogP contribution >= 0.6 is 11.8 Å². The van der Waals surface area contributed by atoms with E-state index >= 15 is 0 Å². The second-order valence-corrected chi connectivity index (χ2v) is 7.74. The van der Waals surface area contributed by atoms with Crippen LogP contribution in [0.5, 0.6) is 0 Å². The third kappa shape index (κ3) is 5.77. The van der Waals surface area contributed by atoms with Crippen molar-refractivity contribution in [2.24, 2.45) is 0 Å². The highest BCUT2D eigenvalue weighted by atomic mass is 32.2. The van der Waals surface area contributed by atoms with Crippen molar-refractivity contribution < 1.29 is 9.53 Å². The van der Waals surface area contributed by atoms with E-state index in [0.717, 1.165) is 39.4 Å². The fraction of sp³-hybridized carbons (Fsp3) is 0.933. The molecule has 2 saturated heterocycles. The van der Waals surface area contributed by atoms with Crippen LogP contribution in [0.3, 0.4) is 0 Å². The molecule has 0 bridgehead atoms. The van der Waals surface area contributed by atoms with Crippen LogP contribution in [0.4, 0.5) is 0 Å². The molecule has 5 nitrogen and oxygen atoms in total. The second kappa shape index (κ2) is 8.36. The SMILES string of the molecule is CC(C)(CNC(=O)CSC1CCNCC1)N1CCOCC1. The predicted molar refractivity (Wildman–Crippen MR) is 87.8 cm³/mol. The maximum absolute atomic E-state index is 12.0. The summed E-state index contributed by atoms with van der Waals surface area (Å²) in [5, 5.41) is 7.10. The Labute approximate surface area is 132 Å². The number of ether oxygens (including phenoxy) is 1. The molecule has 2 rings (SSSR count). The molecule has 0 atom stereocenters. The molecule has 0 saturated carbocycles. The summed E-state index contributed by atoms with van der Waals surface area (Å²) in [6.07, 6.45) is 2.36. The zero-order valence-corrected chi connectivity index (χ0v) is 14.1. The molecule has 0 aromatic heterocycles. The number of amides is 1. The van der Waals surface area contributed by atoms with Crippen molar-refractivity contribution in [1.82, 2.24) is 15.5 Å². The molecule has 21 heavy (non-hydrogen) atoms. The molecular formula is C15H29N3O2S. The second-order valence-electron chi connectivity index (χ2n) is 6.45. The number of rotatable bonds is 6. The molecule has 2 fully saturated rings. The standard InChI is InChI=1S/C15H29N3O2S/c1-15(2,18-7-9-20-10-8-18)12-17-14(19)11-21-13-3-5-16-6-4-13/h13,16H,3-12H2,1-2H3,(H,17,19). The van der Waals surface area contributed by atoms with Gasteiger partial charge in [-0.3, -0.25) is 9.69 Å². The minimum atomic E-state index is -0.00113. The van der Waals surface area contributed by atoms with E-state index in [9.17, 15) is 4.79 Å². The fourth-order valence-corrected chi connectivity index (χ4v) is 3.86. The van der Waals surface area contributed by atoms with Crippen LogP contribution in [0.25, 0.3) is 0 Å². The number of carbonyl (C=O) groups excluding carboxylic acids is 1. The van der Waals surface area contributed by atoms with Gasteiger partial charge in [0.25, 0.3) is 0 Å². The van der Waals surface area contributed by atoms with Gasteiger partial charge in [-0.15, -0.1) is 11.8 Å². The van der Waals surface area contributed by atoms with E-state index in [-0.39, 0.29) is 11.4 Å². The molecule has 2 heterocycles. The van der Waals surface area contributed by atoms with E-state index < -0.39 is 0 Å². The molecule has 6 heteroatoms. The molecule has 0 radical (unpaired) electrons. The van der Waals surface area contributed by atoms with Gasteiger partial charge in [0.15, 0.2) is 0 Å². The number of morpholine rings is 1. The van der Waals surface area contributed by atoms with Crippen molar-refractivity contribution in [3.05, 3.63) is 0 Å². The topological polar surface area (TPSA) is 53.6 Å². The maximum atomic E-state index is 12.0. The Bertz CT molecular complexity index is 327. The Balaban J connectivity index is 1.64. The zero-order chi connectivity index (χ0) is 15.1. The summed E-state index contributed by atoms with van der Waals surface area (Å²) in [6, 6.07) is 0. The van der Waals surface area contributed by atoms with E-state index in [1.54, 1.807) is 11.8 Å². The van der Waals surface area contributed by atoms with Crippen LogP contribution in [-0.2, 0) is 9.53 Å². The molecule has 0 aliphatic carbocycles. The minimum Gasteiger partial charge on any atom is -0.379 e. The maximum Gasteiger partial charge on any atom is 0.230 e. The van der Waals surface area contributed by atoms with Gasteiger partial charge in [-0.05, 0) is 39.8 Å². The summed E-state index contributed by atoms with van der Waals surface area (Å²) in [4.78, 5) is 14.4. The lowest BCUT2D eigenvalue weighted by molar-refractivity contribution is -0.119. The van der Waals surface area contributed by atoms with E-state index in [1.165, 1.54) is 12.8 Å². The molecule has 122 valence electrons. The largest absolute Gasteiger partial charge is 0.379 e. The number of thioether (sulfide) groups is 1. The Morgan fingerprint density at radius 3 is 2.67 bits per heavy atom. The van der Waals surface area contributed by atoms with Crippen LogP contribution in [0.2, 0.25) is 0 Å². The molecule has 2 N–H and O–H groups in total. The van der Waals surface area contributed by atoms with Gasteiger partial charge in [-0.2, -0.15) is 0 Å². The highest BCUT2D eigenvalue weighted by Crippen LogP contribution is 2.20. The van der Waals surface area contributed by atoms with Crippen molar-refractivity contribution in [1.29, 1.82) is 0 Å². The number of hydrogen-bond acceptors (Lipinski definition) is 5. The van der Waals surface area contributed by atoms with E-state index in [1.807, 2.05) is 0 Å². The highest BCUT2D eigenvalue weighted by molar-refractivity contribution is 8.00. The first kappa shape index (κ1) is 17.1. The number of hydrogen-bond donors (Lipinski definition) is 2. The van der Waals surface area contributed by atoms with Gasteiger partial charge in [0.05, 0.1) is 19.0 Å². The van der Waals surface area contributed by atoms with Gasteiger partial charge >= 0.3 is 0 Å².